The SMILES string of the molecule is Cc1cnc(Sc2cc(Cl)nc(C(C)(C)C)n2)nc1. The van der Waals surface area contributed by atoms with Crippen molar-refractivity contribution in [3.63, 3.8) is 0 Å². The highest BCUT2D eigenvalue weighted by Gasteiger charge is 2.19. The molecule has 0 aliphatic rings. The highest BCUT2D eigenvalue weighted by Crippen LogP contribution is 2.27. The number of hydrogen-bond acceptors (Lipinski definition) is 5. The van der Waals surface area contributed by atoms with Gasteiger partial charge in [0.05, 0.1) is 0 Å². The minimum absolute atomic E-state index is 0.145. The summed E-state index contributed by atoms with van der Waals surface area (Å²) in [7, 11) is 0. The highest BCUT2D eigenvalue weighted by molar-refractivity contribution is 7.99. The van der Waals surface area contributed by atoms with Gasteiger partial charge in [0.2, 0.25) is 0 Å². The molecule has 2 heterocycles. The zero-order valence-electron chi connectivity index (χ0n) is 11.3. The molecule has 0 atom stereocenters. The molecule has 0 saturated heterocycles. The summed E-state index contributed by atoms with van der Waals surface area (Å²) in [6.07, 6.45) is 3.56. The first-order valence-electron chi connectivity index (χ1n) is 5.86. The number of nitrogens with zero attached hydrogens (tertiary/aromatic N) is 4. The van der Waals surface area contributed by atoms with Crippen LogP contribution in [0.25, 0.3) is 0 Å². The fraction of sp³-hybridized carbons (Fsp3) is 0.385. The lowest BCUT2D eigenvalue weighted by atomic mass is 9.96. The maximum absolute atomic E-state index is 6.04. The molecule has 2 aromatic heterocycles. The summed E-state index contributed by atoms with van der Waals surface area (Å²) in [5.41, 5.74) is 0.884. The summed E-state index contributed by atoms with van der Waals surface area (Å²) < 4.78 is 0. The number of hydrogen-bond donors (Lipinski definition) is 0. The van der Waals surface area contributed by atoms with Crippen LogP contribution in [0.4, 0.5) is 0 Å². The van der Waals surface area contributed by atoms with Crippen molar-refractivity contribution in [1.82, 2.24) is 19.9 Å². The topological polar surface area (TPSA) is 51.6 Å². The molecule has 0 radical (unpaired) electrons. The van der Waals surface area contributed by atoms with Gasteiger partial charge in [-0.05, 0) is 24.2 Å². The number of halogens is 1. The molecule has 0 fully saturated rings. The predicted molar refractivity (Wildman–Crippen MR) is 76.6 cm³/mol. The van der Waals surface area contributed by atoms with E-state index in [-0.39, 0.29) is 5.41 Å². The van der Waals surface area contributed by atoms with Gasteiger partial charge in [-0.15, -0.1) is 0 Å². The fourth-order valence-electron chi connectivity index (χ4n) is 1.31. The normalized spacial score (nSPS) is 11.6. The molecule has 2 aromatic rings. The first-order chi connectivity index (χ1) is 8.84. The number of aryl methyl sites for hydroxylation is 1. The average Bonchev–Trinajstić information content (AvgIpc) is 2.30. The maximum atomic E-state index is 6.04. The Balaban J connectivity index is 2.30. The van der Waals surface area contributed by atoms with Gasteiger partial charge in [-0.3, -0.25) is 0 Å². The third kappa shape index (κ3) is 3.88. The quantitative estimate of drug-likeness (QED) is 0.625. The van der Waals surface area contributed by atoms with E-state index < -0.39 is 0 Å². The summed E-state index contributed by atoms with van der Waals surface area (Å²) in [4.78, 5) is 17.3. The molecule has 0 unspecified atom stereocenters. The minimum Gasteiger partial charge on any atom is -0.231 e. The van der Waals surface area contributed by atoms with Crippen molar-refractivity contribution in [1.29, 1.82) is 0 Å². The van der Waals surface area contributed by atoms with Crippen LogP contribution in [0.1, 0.15) is 32.2 Å². The van der Waals surface area contributed by atoms with Crippen LogP contribution < -0.4 is 0 Å². The largest absolute Gasteiger partial charge is 0.231 e. The Hall–Kier alpha value is -1.20. The van der Waals surface area contributed by atoms with E-state index in [0.29, 0.717) is 10.3 Å². The van der Waals surface area contributed by atoms with E-state index in [4.69, 9.17) is 11.6 Å². The monoisotopic (exact) mass is 294 g/mol. The summed E-state index contributed by atoms with van der Waals surface area (Å²) in [5.74, 6) is 0.717. The van der Waals surface area contributed by atoms with E-state index in [1.165, 1.54) is 11.8 Å². The molecule has 0 bridgehead atoms. The molecule has 0 amide bonds. The Labute approximate surface area is 122 Å². The minimum atomic E-state index is -0.145. The summed E-state index contributed by atoms with van der Waals surface area (Å²) in [6, 6.07) is 1.73. The van der Waals surface area contributed by atoms with Crippen molar-refractivity contribution in [2.75, 3.05) is 0 Å². The first-order valence-corrected chi connectivity index (χ1v) is 7.05. The molecule has 0 spiro atoms. The predicted octanol–water partition coefficient (Wildman–Crippen LogP) is 3.68. The lowest BCUT2D eigenvalue weighted by Crippen LogP contribution is -2.16. The molecule has 100 valence electrons. The number of aromatic nitrogens is 4. The van der Waals surface area contributed by atoms with Crippen molar-refractivity contribution in [2.24, 2.45) is 0 Å². The van der Waals surface area contributed by atoms with Gasteiger partial charge in [0, 0.05) is 23.9 Å². The molecule has 0 N–H and O–H groups in total. The maximum Gasteiger partial charge on any atom is 0.193 e. The van der Waals surface area contributed by atoms with Gasteiger partial charge in [-0.2, -0.15) is 0 Å². The summed E-state index contributed by atoms with van der Waals surface area (Å²) >= 11 is 7.43. The van der Waals surface area contributed by atoms with E-state index in [1.54, 1.807) is 18.5 Å². The van der Waals surface area contributed by atoms with Crippen LogP contribution in [-0.2, 0) is 5.41 Å². The molecule has 0 aromatic carbocycles. The van der Waals surface area contributed by atoms with Crippen molar-refractivity contribution >= 4 is 23.4 Å². The first kappa shape index (κ1) is 14.2. The Morgan fingerprint density at radius 1 is 1.11 bits per heavy atom. The summed E-state index contributed by atoms with van der Waals surface area (Å²) in [5, 5.41) is 1.85. The molecule has 6 heteroatoms. The van der Waals surface area contributed by atoms with Gasteiger partial charge in [-0.25, -0.2) is 19.9 Å². The third-order valence-electron chi connectivity index (χ3n) is 2.30. The number of rotatable bonds is 2. The Kier molecular flexibility index (Phi) is 4.06. The van der Waals surface area contributed by atoms with Crippen LogP contribution >= 0.6 is 23.4 Å². The van der Waals surface area contributed by atoms with Crippen molar-refractivity contribution in [3.8, 4) is 0 Å². The van der Waals surface area contributed by atoms with Gasteiger partial charge >= 0.3 is 0 Å². The van der Waals surface area contributed by atoms with Crippen LogP contribution in [0.5, 0.6) is 0 Å². The molecule has 0 aliphatic heterocycles. The Morgan fingerprint density at radius 2 is 1.74 bits per heavy atom. The van der Waals surface area contributed by atoms with Gasteiger partial charge in [0.15, 0.2) is 5.16 Å². The molecular formula is C13H15ClN4S. The van der Waals surface area contributed by atoms with Crippen LogP contribution in [0, 0.1) is 6.92 Å². The van der Waals surface area contributed by atoms with Crippen LogP contribution in [0.3, 0.4) is 0 Å². The van der Waals surface area contributed by atoms with Crippen LogP contribution in [0.2, 0.25) is 5.15 Å². The van der Waals surface area contributed by atoms with Crippen LogP contribution in [0.15, 0.2) is 28.6 Å². The van der Waals surface area contributed by atoms with E-state index >= 15 is 0 Å². The van der Waals surface area contributed by atoms with Gasteiger partial charge < -0.3 is 0 Å². The van der Waals surface area contributed by atoms with Crippen molar-refractivity contribution < 1.29 is 0 Å². The summed E-state index contributed by atoms with van der Waals surface area (Å²) in [6.45, 7) is 8.11. The molecule has 19 heavy (non-hydrogen) atoms. The zero-order valence-corrected chi connectivity index (χ0v) is 12.9. The molecule has 2 rings (SSSR count). The highest BCUT2D eigenvalue weighted by atomic mass is 35.5. The molecule has 4 nitrogen and oxygen atoms in total. The van der Waals surface area contributed by atoms with Gasteiger partial charge in [-0.1, -0.05) is 32.4 Å². The van der Waals surface area contributed by atoms with E-state index in [2.05, 4.69) is 40.7 Å². The second-order valence-electron chi connectivity index (χ2n) is 5.25. The fourth-order valence-corrected chi connectivity index (χ4v) is 2.26. The standard InChI is InChI=1S/C13H15ClN4S/c1-8-6-15-12(16-7-8)19-10-5-9(14)17-11(18-10)13(2,3)4/h5-7H,1-4H3. The Morgan fingerprint density at radius 3 is 2.32 bits per heavy atom. The van der Waals surface area contributed by atoms with Crippen molar-refractivity contribution in [3.05, 3.63) is 35.0 Å². The van der Waals surface area contributed by atoms with Gasteiger partial charge in [0.1, 0.15) is 16.0 Å². The molecule has 0 aliphatic carbocycles. The Bertz CT molecular complexity index is 578. The molecular weight excluding hydrogens is 280 g/mol. The second kappa shape index (κ2) is 5.43. The van der Waals surface area contributed by atoms with Crippen molar-refractivity contribution in [2.45, 2.75) is 43.3 Å². The average molecular weight is 295 g/mol. The van der Waals surface area contributed by atoms with E-state index in [1.807, 2.05) is 6.92 Å². The van der Waals surface area contributed by atoms with E-state index in [0.717, 1.165) is 16.4 Å². The molecule has 0 saturated carbocycles. The van der Waals surface area contributed by atoms with Crippen LogP contribution in [-0.4, -0.2) is 19.9 Å². The third-order valence-corrected chi connectivity index (χ3v) is 3.30. The lowest BCUT2D eigenvalue weighted by molar-refractivity contribution is 0.538. The second-order valence-corrected chi connectivity index (χ2v) is 6.62. The van der Waals surface area contributed by atoms with E-state index in [9.17, 15) is 0 Å². The smallest absolute Gasteiger partial charge is 0.193 e. The van der Waals surface area contributed by atoms with Gasteiger partial charge in [0.25, 0.3) is 0 Å². The zero-order chi connectivity index (χ0) is 14.0. The lowest BCUT2D eigenvalue weighted by Gasteiger charge is -2.17.